The first kappa shape index (κ1) is 15.0. The van der Waals surface area contributed by atoms with Gasteiger partial charge >= 0.3 is 0 Å². The van der Waals surface area contributed by atoms with Gasteiger partial charge in [-0.25, -0.2) is 0 Å². The molecule has 1 aromatic rings. The molecule has 17 heavy (non-hydrogen) atoms. The lowest BCUT2D eigenvalue weighted by atomic mass is 9.89. The Kier molecular flexibility index (Phi) is 7.21. The summed E-state index contributed by atoms with van der Waals surface area (Å²) in [5.74, 6) is 1.35. The molecular weight excluding hydrogens is 343 g/mol. The Labute approximate surface area is 124 Å². The SMILES string of the molecule is CC/C=C\[C@@H](Cc1ccc(Cl)cc1)C(C)CI. The van der Waals surface area contributed by atoms with Crippen molar-refractivity contribution in [2.75, 3.05) is 4.43 Å². The Morgan fingerprint density at radius 1 is 1.29 bits per heavy atom. The first-order valence-electron chi connectivity index (χ1n) is 6.14. The Morgan fingerprint density at radius 3 is 2.47 bits per heavy atom. The highest BCUT2D eigenvalue weighted by Crippen LogP contribution is 2.22. The maximum Gasteiger partial charge on any atom is 0.0406 e. The minimum atomic E-state index is 0.632. The van der Waals surface area contributed by atoms with Crippen LogP contribution >= 0.6 is 34.2 Å². The summed E-state index contributed by atoms with van der Waals surface area (Å²) in [6.07, 6.45) is 6.88. The molecule has 0 spiro atoms. The lowest BCUT2D eigenvalue weighted by molar-refractivity contribution is 0.475. The Morgan fingerprint density at radius 2 is 1.94 bits per heavy atom. The molecule has 0 nitrogen and oxygen atoms in total. The normalized spacial score (nSPS) is 15.1. The van der Waals surface area contributed by atoms with Crippen LogP contribution in [0.5, 0.6) is 0 Å². The topological polar surface area (TPSA) is 0 Å². The number of allylic oxidation sites excluding steroid dienone is 2. The van der Waals surface area contributed by atoms with Crippen molar-refractivity contribution in [1.29, 1.82) is 0 Å². The third-order valence-electron chi connectivity index (χ3n) is 2.98. The van der Waals surface area contributed by atoms with E-state index in [9.17, 15) is 0 Å². The van der Waals surface area contributed by atoms with E-state index in [2.05, 4.69) is 60.7 Å². The van der Waals surface area contributed by atoms with Crippen molar-refractivity contribution >= 4 is 34.2 Å². The van der Waals surface area contributed by atoms with E-state index in [-0.39, 0.29) is 0 Å². The fraction of sp³-hybridized carbons (Fsp3) is 0.467. The van der Waals surface area contributed by atoms with Crippen LogP contribution in [-0.4, -0.2) is 4.43 Å². The average molecular weight is 363 g/mol. The average Bonchev–Trinajstić information content (AvgIpc) is 2.36. The van der Waals surface area contributed by atoms with Gasteiger partial charge in [-0.2, -0.15) is 0 Å². The second kappa shape index (κ2) is 8.15. The highest BCUT2D eigenvalue weighted by molar-refractivity contribution is 14.1. The highest BCUT2D eigenvalue weighted by atomic mass is 127. The predicted molar refractivity (Wildman–Crippen MR) is 86.1 cm³/mol. The summed E-state index contributed by atoms with van der Waals surface area (Å²) in [4.78, 5) is 0. The first-order chi connectivity index (χ1) is 8.17. The largest absolute Gasteiger partial charge is 0.0885 e. The number of hydrogen-bond acceptors (Lipinski definition) is 0. The van der Waals surface area contributed by atoms with Gasteiger partial charge < -0.3 is 0 Å². The molecule has 0 saturated carbocycles. The molecule has 1 unspecified atom stereocenters. The van der Waals surface area contributed by atoms with Crippen LogP contribution in [0.3, 0.4) is 0 Å². The van der Waals surface area contributed by atoms with Crippen molar-refractivity contribution in [3.8, 4) is 0 Å². The second-order valence-electron chi connectivity index (χ2n) is 4.46. The Hall–Kier alpha value is -0.0200. The monoisotopic (exact) mass is 362 g/mol. The first-order valence-corrected chi connectivity index (χ1v) is 8.04. The molecule has 94 valence electrons. The fourth-order valence-corrected chi connectivity index (χ4v) is 2.56. The smallest absolute Gasteiger partial charge is 0.0406 e. The summed E-state index contributed by atoms with van der Waals surface area (Å²) in [6.45, 7) is 4.51. The molecule has 2 heteroatoms. The maximum absolute atomic E-state index is 5.91. The lowest BCUT2D eigenvalue weighted by Gasteiger charge is -2.19. The summed E-state index contributed by atoms with van der Waals surface area (Å²) >= 11 is 8.38. The summed E-state index contributed by atoms with van der Waals surface area (Å²) in [5, 5.41) is 0.816. The van der Waals surface area contributed by atoms with Gasteiger partial charge in [-0.05, 0) is 42.4 Å². The molecule has 0 heterocycles. The highest BCUT2D eigenvalue weighted by Gasteiger charge is 2.13. The van der Waals surface area contributed by atoms with Crippen molar-refractivity contribution in [2.45, 2.75) is 26.7 Å². The van der Waals surface area contributed by atoms with E-state index in [1.54, 1.807) is 0 Å². The Bertz CT molecular complexity index is 342. The summed E-state index contributed by atoms with van der Waals surface area (Å²) < 4.78 is 1.20. The maximum atomic E-state index is 5.91. The number of benzene rings is 1. The van der Waals surface area contributed by atoms with Gasteiger partial charge in [0.1, 0.15) is 0 Å². The standard InChI is InChI=1S/C15H20ClI/c1-3-4-5-14(12(2)11-17)10-13-6-8-15(16)9-7-13/h4-9,12,14H,3,10-11H2,1-2H3/b5-4-/t12?,14-/m0/s1. The van der Waals surface area contributed by atoms with E-state index in [1.807, 2.05) is 12.1 Å². The molecule has 0 aliphatic rings. The van der Waals surface area contributed by atoms with Gasteiger partial charge in [-0.15, -0.1) is 0 Å². The molecule has 0 N–H and O–H groups in total. The number of rotatable bonds is 6. The minimum absolute atomic E-state index is 0.632. The van der Waals surface area contributed by atoms with E-state index < -0.39 is 0 Å². The molecule has 0 aliphatic carbocycles. The van der Waals surface area contributed by atoms with Gasteiger partial charge in [0.25, 0.3) is 0 Å². The molecule has 0 amide bonds. The second-order valence-corrected chi connectivity index (χ2v) is 5.78. The lowest BCUT2D eigenvalue weighted by Crippen LogP contribution is -2.13. The fourth-order valence-electron chi connectivity index (χ4n) is 1.78. The van der Waals surface area contributed by atoms with Crippen molar-refractivity contribution < 1.29 is 0 Å². The number of hydrogen-bond donors (Lipinski definition) is 0. The number of alkyl halides is 1. The molecule has 0 saturated heterocycles. The van der Waals surface area contributed by atoms with Gasteiger partial charge in [-0.1, -0.05) is 72.3 Å². The molecule has 0 radical (unpaired) electrons. The van der Waals surface area contributed by atoms with Crippen LogP contribution in [0.1, 0.15) is 25.8 Å². The molecular formula is C15H20ClI. The molecule has 0 fully saturated rings. The van der Waals surface area contributed by atoms with Crippen LogP contribution < -0.4 is 0 Å². The summed E-state index contributed by atoms with van der Waals surface area (Å²) in [7, 11) is 0. The van der Waals surface area contributed by atoms with Crippen molar-refractivity contribution in [3.05, 3.63) is 47.0 Å². The van der Waals surface area contributed by atoms with E-state index in [0.717, 1.165) is 17.9 Å². The van der Waals surface area contributed by atoms with Crippen LogP contribution in [-0.2, 0) is 6.42 Å². The van der Waals surface area contributed by atoms with Crippen molar-refractivity contribution in [2.24, 2.45) is 11.8 Å². The zero-order valence-electron chi connectivity index (χ0n) is 10.5. The molecule has 2 atom stereocenters. The van der Waals surface area contributed by atoms with E-state index >= 15 is 0 Å². The van der Waals surface area contributed by atoms with Gasteiger partial charge in [0.15, 0.2) is 0 Å². The van der Waals surface area contributed by atoms with Gasteiger partial charge in [0.05, 0.1) is 0 Å². The third kappa shape index (κ3) is 5.43. The van der Waals surface area contributed by atoms with Crippen LogP contribution in [0.2, 0.25) is 5.02 Å². The van der Waals surface area contributed by atoms with Gasteiger partial charge in [0.2, 0.25) is 0 Å². The van der Waals surface area contributed by atoms with E-state index in [1.165, 1.54) is 9.99 Å². The molecule has 0 aromatic heterocycles. The van der Waals surface area contributed by atoms with Crippen molar-refractivity contribution in [1.82, 2.24) is 0 Å². The Balaban J connectivity index is 2.71. The van der Waals surface area contributed by atoms with Crippen molar-refractivity contribution in [3.63, 3.8) is 0 Å². The zero-order valence-corrected chi connectivity index (χ0v) is 13.4. The third-order valence-corrected chi connectivity index (χ3v) is 4.62. The molecule has 0 aliphatic heterocycles. The zero-order chi connectivity index (χ0) is 12.7. The molecule has 0 bridgehead atoms. The predicted octanol–water partition coefficient (Wildman–Crippen LogP) is 5.54. The van der Waals surface area contributed by atoms with Crippen LogP contribution in [0.15, 0.2) is 36.4 Å². The van der Waals surface area contributed by atoms with E-state index in [4.69, 9.17) is 11.6 Å². The van der Waals surface area contributed by atoms with Crippen LogP contribution in [0.25, 0.3) is 0 Å². The van der Waals surface area contributed by atoms with Crippen LogP contribution in [0, 0.1) is 11.8 Å². The minimum Gasteiger partial charge on any atom is -0.0885 e. The molecule has 1 aromatic carbocycles. The molecule has 1 rings (SSSR count). The number of halogens is 2. The van der Waals surface area contributed by atoms with Gasteiger partial charge in [0, 0.05) is 9.45 Å². The quantitative estimate of drug-likeness (QED) is 0.354. The van der Waals surface area contributed by atoms with E-state index in [0.29, 0.717) is 11.8 Å². The summed E-state index contributed by atoms with van der Waals surface area (Å²) in [6, 6.07) is 8.22. The van der Waals surface area contributed by atoms with Crippen LogP contribution in [0.4, 0.5) is 0 Å². The van der Waals surface area contributed by atoms with Gasteiger partial charge in [-0.3, -0.25) is 0 Å². The summed E-state index contributed by atoms with van der Waals surface area (Å²) in [5.41, 5.74) is 1.37.